The highest BCUT2D eigenvalue weighted by Crippen LogP contribution is 2.16. The van der Waals surface area contributed by atoms with Gasteiger partial charge in [0, 0.05) is 5.70 Å². The fourth-order valence-electron chi connectivity index (χ4n) is 0.991. The minimum absolute atomic E-state index is 1.02. The third-order valence-electron chi connectivity index (χ3n) is 1.72. The van der Waals surface area contributed by atoms with E-state index in [1.165, 1.54) is 18.4 Å². The molecule has 0 amide bonds. The van der Waals surface area contributed by atoms with Crippen molar-refractivity contribution in [2.75, 3.05) is 0 Å². The highest BCUT2D eigenvalue weighted by molar-refractivity contribution is 5.21. The summed E-state index contributed by atoms with van der Waals surface area (Å²) < 4.78 is 0. The van der Waals surface area contributed by atoms with Gasteiger partial charge in [-0.2, -0.15) is 0 Å². The minimum atomic E-state index is 1.02. The minimum Gasteiger partial charge on any atom is -0.402 e. The molecule has 0 spiro atoms. The van der Waals surface area contributed by atoms with Crippen LogP contribution in [0.1, 0.15) is 26.2 Å². The fourth-order valence-corrected chi connectivity index (χ4v) is 0.991. The Hall–Kier alpha value is -0.720. The maximum Gasteiger partial charge on any atom is 0.00836 e. The van der Waals surface area contributed by atoms with Crippen LogP contribution >= 0.6 is 0 Å². The average molecular weight is 123 g/mol. The molecular formula is C8H13N. The van der Waals surface area contributed by atoms with Gasteiger partial charge in [0.15, 0.2) is 0 Å². The van der Waals surface area contributed by atoms with Crippen LogP contribution in [0, 0.1) is 0 Å². The van der Waals surface area contributed by atoms with Crippen LogP contribution in [-0.4, -0.2) is 0 Å². The van der Waals surface area contributed by atoms with Gasteiger partial charge in [-0.25, -0.2) is 0 Å². The quantitative estimate of drug-likeness (QED) is 0.566. The van der Waals surface area contributed by atoms with E-state index in [-0.39, 0.29) is 0 Å². The smallest absolute Gasteiger partial charge is 0.00836 e. The average Bonchev–Trinajstić information content (AvgIpc) is 1.90. The molecule has 2 N–H and O–H groups in total. The first-order chi connectivity index (χ1) is 4.33. The van der Waals surface area contributed by atoms with E-state index in [1.54, 1.807) is 0 Å². The van der Waals surface area contributed by atoms with Gasteiger partial charge in [-0.3, -0.25) is 0 Å². The first-order valence-electron chi connectivity index (χ1n) is 3.47. The molecular weight excluding hydrogens is 110 g/mol. The van der Waals surface area contributed by atoms with Crippen molar-refractivity contribution in [1.29, 1.82) is 0 Å². The summed E-state index contributed by atoms with van der Waals surface area (Å²) >= 11 is 0. The predicted molar refractivity (Wildman–Crippen MR) is 39.9 cm³/mol. The van der Waals surface area contributed by atoms with Crippen LogP contribution in [0.2, 0.25) is 0 Å². The summed E-state index contributed by atoms with van der Waals surface area (Å²) in [6, 6.07) is 0. The lowest BCUT2D eigenvalue weighted by atomic mass is 10.0. The van der Waals surface area contributed by atoms with Crippen molar-refractivity contribution >= 4 is 0 Å². The summed E-state index contributed by atoms with van der Waals surface area (Å²) in [6.07, 6.45) is 7.55. The number of allylic oxidation sites excluding steroid dienone is 4. The summed E-state index contributed by atoms with van der Waals surface area (Å²) in [4.78, 5) is 0. The Balaban J connectivity index is 2.59. The molecule has 0 aromatic carbocycles. The summed E-state index contributed by atoms with van der Waals surface area (Å²) in [6.45, 7) is 2.18. The van der Waals surface area contributed by atoms with Crippen LogP contribution in [0.3, 0.4) is 0 Å². The van der Waals surface area contributed by atoms with Gasteiger partial charge in [0.05, 0.1) is 0 Å². The van der Waals surface area contributed by atoms with Gasteiger partial charge in [0.1, 0.15) is 0 Å². The van der Waals surface area contributed by atoms with Gasteiger partial charge >= 0.3 is 0 Å². The number of nitrogens with two attached hydrogens (primary N) is 1. The van der Waals surface area contributed by atoms with E-state index >= 15 is 0 Å². The summed E-state index contributed by atoms with van der Waals surface area (Å²) in [7, 11) is 0. The zero-order valence-corrected chi connectivity index (χ0v) is 5.85. The second kappa shape index (κ2) is 2.72. The van der Waals surface area contributed by atoms with E-state index < -0.39 is 0 Å². The van der Waals surface area contributed by atoms with E-state index in [4.69, 9.17) is 5.73 Å². The first kappa shape index (κ1) is 6.40. The number of rotatable bonds is 1. The van der Waals surface area contributed by atoms with Crippen LogP contribution in [0.4, 0.5) is 0 Å². The molecule has 0 saturated carbocycles. The highest BCUT2D eigenvalue weighted by atomic mass is 14.6. The van der Waals surface area contributed by atoms with Crippen LogP contribution in [0.25, 0.3) is 0 Å². The lowest BCUT2D eigenvalue weighted by Crippen LogP contribution is -2.00. The van der Waals surface area contributed by atoms with Gasteiger partial charge in [-0.05, 0) is 25.3 Å². The molecule has 1 aliphatic carbocycles. The molecule has 1 aliphatic rings. The zero-order valence-electron chi connectivity index (χ0n) is 5.85. The highest BCUT2D eigenvalue weighted by Gasteiger charge is 1.99. The molecule has 9 heavy (non-hydrogen) atoms. The summed E-state index contributed by atoms with van der Waals surface area (Å²) in [5.74, 6) is 0. The Morgan fingerprint density at radius 3 is 2.67 bits per heavy atom. The standard InChI is InChI=1S/C8H13N/c1-2-7-3-5-8(9)6-4-7/h3,5H,2,4,6,9H2,1H3. The lowest BCUT2D eigenvalue weighted by molar-refractivity contribution is 0.848. The van der Waals surface area contributed by atoms with Crippen molar-refractivity contribution in [3.05, 3.63) is 23.4 Å². The molecule has 0 aromatic heterocycles. The van der Waals surface area contributed by atoms with Crippen molar-refractivity contribution in [3.63, 3.8) is 0 Å². The second-order valence-electron chi connectivity index (χ2n) is 2.42. The Labute approximate surface area is 56.2 Å². The molecule has 0 fully saturated rings. The summed E-state index contributed by atoms with van der Waals surface area (Å²) in [5, 5.41) is 0. The van der Waals surface area contributed by atoms with E-state index in [1.807, 2.05) is 6.08 Å². The number of hydrogen-bond acceptors (Lipinski definition) is 1. The van der Waals surface area contributed by atoms with E-state index in [0.717, 1.165) is 12.1 Å². The van der Waals surface area contributed by atoms with E-state index in [9.17, 15) is 0 Å². The molecule has 1 nitrogen and oxygen atoms in total. The number of hydrogen-bond donors (Lipinski definition) is 1. The van der Waals surface area contributed by atoms with Crippen molar-refractivity contribution < 1.29 is 0 Å². The van der Waals surface area contributed by atoms with Crippen molar-refractivity contribution in [1.82, 2.24) is 0 Å². The molecule has 1 heteroatoms. The molecule has 50 valence electrons. The third kappa shape index (κ3) is 1.60. The Bertz CT molecular complexity index is 154. The van der Waals surface area contributed by atoms with E-state index in [2.05, 4.69) is 13.0 Å². The lowest BCUT2D eigenvalue weighted by Gasteiger charge is -2.08. The van der Waals surface area contributed by atoms with Crippen LogP contribution in [0.15, 0.2) is 23.4 Å². The first-order valence-corrected chi connectivity index (χ1v) is 3.47. The van der Waals surface area contributed by atoms with Crippen molar-refractivity contribution in [2.24, 2.45) is 5.73 Å². The van der Waals surface area contributed by atoms with Gasteiger partial charge in [0.2, 0.25) is 0 Å². The Kier molecular flexibility index (Phi) is 1.93. The largest absolute Gasteiger partial charge is 0.402 e. The summed E-state index contributed by atoms with van der Waals surface area (Å²) in [5.41, 5.74) is 8.11. The zero-order chi connectivity index (χ0) is 6.69. The molecule has 0 unspecified atom stereocenters. The van der Waals surface area contributed by atoms with Crippen molar-refractivity contribution in [2.45, 2.75) is 26.2 Å². The topological polar surface area (TPSA) is 26.0 Å². The predicted octanol–water partition coefficient (Wildman–Crippen LogP) is 1.96. The SMILES string of the molecule is CCC1=CC=C(N)CC1. The molecule has 0 saturated heterocycles. The van der Waals surface area contributed by atoms with Gasteiger partial charge in [0.25, 0.3) is 0 Å². The van der Waals surface area contributed by atoms with Crippen LogP contribution in [-0.2, 0) is 0 Å². The molecule has 0 aliphatic heterocycles. The fraction of sp³-hybridized carbons (Fsp3) is 0.500. The molecule has 0 bridgehead atoms. The van der Waals surface area contributed by atoms with Gasteiger partial charge < -0.3 is 5.73 Å². The third-order valence-corrected chi connectivity index (χ3v) is 1.72. The van der Waals surface area contributed by atoms with E-state index in [0.29, 0.717) is 0 Å². The maximum absolute atomic E-state index is 5.57. The monoisotopic (exact) mass is 123 g/mol. The Morgan fingerprint density at radius 1 is 1.44 bits per heavy atom. The van der Waals surface area contributed by atoms with Crippen molar-refractivity contribution in [3.8, 4) is 0 Å². The van der Waals surface area contributed by atoms with Gasteiger partial charge in [-0.1, -0.05) is 18.6 Å². The molecule has 0 heterocycles. The van der Waals surface area contributed by atoms with Crippen LogP contribution < -0.4 is 5.73 Å². The molecule has 0 radical (unpaired) electrons. The van der Waals surface area contributed by atoms with Gasteiger partial charge in [-0.15, -0.1) is 0 Å². The molecule has 1 rings (SSSR count). The molecule has 0 atom stereocenters. The Morgan fingerprint density at radius 2 is 2.22 bits per heavy atom. The second-order valence-corrected chi connectivity index (χ2v) is 2.42. The molecule has 0 aromatic rings. The maximum atomic E-state index is 5.57. The normalized spacial score (nSPS) is 18.8. The van der Waals surface area contributed by atoms with Crippen LogP contribution in [0.5, 0.6) is 0 Å².